The molecule has 4 heterocycles. The van der Waals surface area contributed by atoms with Crippen LogP contribution in [0.25, 0.3) is 22.7 Å². The highest BCUT2D eigenvalue weighted by molar-refractivity contribution is 6.28. The third kappa shape index (κ3) is 4.27. The van der Waals surface area contributed by atoms with Gasteiger partial charge in [-0.3, -0.25) is 18.9 Å². The lowest BCUT2D eigenvalue weighted by Gasteiger charge is -2.10. The van der Waals surface area contributed by atoms with Gasteiger partial charge in [-0.25, -0.2) is 4.79 Å². The first-order valence-corrected chi connectivity index (χ1v) is 10.0. The van der Waals surface area contributed by atoms with E-state index in [9.17, 15) is 9.59 Å². The Bertz CT molecular complexity index is 1360. The van der Waals surface area contributed by atoms with Gasteiger partial charge in [0.2, 0.25) is 5.28 Å². The predicted octanol–water partition coefficient (Wildman–Crippen LogP) is 2.03. The lowest BCUT2D eigenvalue weighted by Crippen LogP contribution is -2.40. The minimum absolute atomic E-state index is 0.0412. The maximum Gasteiger partial charge on any atom is 0.332 e. The Kier molecular flexibility index (Phi) is 5.95. The highest BCUT2D eigenvalue weighted by Crippen LogP contribution is 2.14. The first-order valence-electron chi connectivity index (χ1n) is 9.65. The molecule has 0 unspecified atom stereocenters. The number of unbranched alkanes of at least 4 members (excludes halogenated alkanes) is 1. The number of H-pyrrole nitrogens is 1. The van der Waals surface area contributed by atoms with E-state index in [1.54, 1.807) is 18.3 Å². The molecule has 4 rings (SSSR count). The number of pyridine rings is 1. The molecule has 4 aromatic heterocycles. The second-order valence-electron chi connectivity index (χ2n) is 6.76. The van der Waals surface area contributed by atoms with Crippen LogP contribution < -0.4 is 11.2 Å². The SMILES string of the molecule is C#CCCn1c(=O)n(CCCCc2noc(-c3ccccn3)n2)c(=O)c2[nH]c(Cl)nc21. The molecule has 0 saturated heterocycles. The summed E-state index contributed by atoms with van der Waals surface area (Å²) in [5, 5.41) is 4.00. The number of imidazole rings is 1. The minimum Gasteiger partial charge on any atom is -0.332 e. The molecular formula is C20H18ClN7O3. The van der Waals surface area contributed by atoms with Crippen molar-refractivity contribution in [2.24, 2.45) is 0 Å². The van der Waals surface area contributed by atoms with Gasteiger partial charge in [0, 0.05) is 32.1 Å². The van der Waals surface area contributed by atoms with E-state index >= 15 is 0 Å². The van der Waals surface area contributed by atoms with Gasteiger partial charge in [0.25, 0.3) is 11.4 Å². The van der Waals surface area contributed by atoms with Crippen molar-refractivity contribution in [3.8, 4) is 23.9 Å². The minimum atomic E-state index is -0.465. The van der Waals surface area contributed by atoms with Crippen molar-refractivity contribution < 1.29 is 4.52 Å². The number of terminal acetylenes is 1. The first-order chi connectivity index (χ1) is 15.1. The molecule has 0 aromatic carbocycles. The molecule has 0 fully saturated rings. The topological polar surface area (TPSA) is 124 Å². The van der Waals surface area contributed by atoms with E-state index in [-0.39, 0.29) is 29.5 Å². The fourth-order valence-corrected chi connectivity index (χ4v) is 3.39. The summed E-state index contributed by atoms with van der Waals surface area (Å²) in [6.45, 7) is 0.470. The molecule has 158 valence electrons. The van der Waals surface area contributed by atoms with E-state index in [1.807, 2.05) is 6.07 Å². The number of hydrogen-bond donors (Lipinski definition) is 1. The van der Waals surface area contributed by atoms with Gasteiger partial charge in [-0.1, -0.05) is 11.2 Å². The molecule has 31 heavy (non-hydrogen) atoms. The second-order valence-corrected chi connectivity index (χ2v) is 7.12. The zero-order valence-electron chi connectivity index (χ0n) is 16.4. The van der Waals surface area contributed by atoms with E-state index in [4.69, 9.17) is 22.5 Å². The van der Waals surface area contributed by atoms with Gasteiger partial charge in [-0.2, -0.15) is 9.97 Å². The maximum absolute atomic E-state index is 12.9. The molecule has 10 nitrogen and oxygen atoms in total. The Labute approximate surface area is 180 Å². The van der Waals surface area contributed by atoms with Gasteiger partial charge in [-0.05, 0) is 36.6 Å². The van der Waals surface area contributed by atoms with Gasteiger partial charge in [0.1, 0.15) is 5.69 Å². The molecule has 0 radical (unpaired) electrons. The average molecular weight is 440 g/mol. The number of aromatic amines is 1. The molecular weight excluding hydrogens is 422 g/mol. The molecule has 0 aliphatic carbocycles. The zero-order valence-corrected chi connectivity index (χ0v) is 17.2. The third-order valence-corrected chi connectivity index (χ3v) is 4.88. The molecule has 4 aromatic rings. The smallest absolute Gasteiger partial charge is 0.332 e. The number of nitrogens with zero attached hydrogens (tertiary/aromatic N) is 6. The van der Waals surface area contributed by atoms with Crippen LogP contribution >= 0.6 is 11.6 Å². The van der Waals surface area contributed by atoms with Crippen molar-refractivity contribution in [3.63, 3.8) is 0 Å². The van der Waals surface area contributed by atoms with Gasteiger partial charge in [0.05, 0.1) is 0 Å². The van der Waals surface area contributed by atoms with E-state index < -0.39 is 11.2 Å². The van der Waals surface area contributed by atoms with E-state index in [0.717, 1.165) is 0 Å². The van der Waals surface area contributed by atoms with E-state index in [1.165, 1.54) is 9.13 Å². The Hall–Kier alpha value is -3.71. The molecule has 0 aliphatic heterocycles. The summed E-state index contributed by atoms with van der Waals surface area (Å²) in [4.78, 5) is 40.9. The number of nitrogens with one attached hydrogen (secondary N) is 1. The van der Waals surface area contributed by atoms with Crippen LogP contribution in [0.1, 0.15) is 25.1 Å². The molecule has 0 spiro atoms. The van der Waals surface area contributed by atoms with Crippen LogP contribution in [0.4, 0.5) is 0 Å². The fraction of sp³-hybridized carbons (Fsp3) is 0.300. The number of rotatable bonds is 8. The summed E-state index contributed by atoms with van der Waals surface area (Å²) < 4.78 is 7.78. The Morgan fingerprint density at radius 3 is 2.81 bits per heavy atom. The molecule has 0 saturated carbocycles. The number of halogens is 1. The van der Waals surface area contributed by atoms with Crippen molar-refractivity contribution >= 4 is 22.8 Å². The Balaban J connectivity index is 1.47. The number of fused-ring (bicyclic) bond motifs is 1. The first kappa shape index (κ1) is 20.6. The molecule has 11 heteroatoms. The van der Waals surface area contributed by atoms with E-state index in [0.29, 0.717) is 43.1 Å². The third-order valence-electron chi connectivity index (χ3n) is 4.70. The van der Waals surface area contributed by atoms with Crippen molar-refractivity contribution in [1.29, 1.82) is 0 Å². The highest BCUT2D eigenvalue weighted by atomic mass is 35.5. The molecule has 1 N–H and O–H groups in total. The Morgan fingerprint density at radius 1 is 1.16 bits per heavy atom. The Morgan fingerprint density at radius 2 is 2.03 bits per heavy atom. The predicted molar refractivity (Wildman–Crippen MR) is 114 cm³/mol. The van der Waals surface area contributed by atoms with Gasteiger partial charge in [-0.15, -0.1) is 12.3 Å². The van der Waals surface area contributed by atoms with Gasteiger partial charge < -0.3 is 9.51 Å². The van der Waals surface area contributed by atoms with Crippen LogP contribution in [0.3, 0.4) is 0 Å². The number of aryl methyl sites for hydroxylation is 2. The summed E-state index contributed by atoms with van der Waals surface area (Å²) in [7, 11) is 0. The quantitative estimate of drug-likeness (QED) is 0.253. The summed E-state index contributed by atoms with van der Waals surface area (Å²) in [5.41, 5.74) is 0.0632. The monoisotopic (exact) mass is 439 g/mol. The van der Waals surface area contributed by atoms with Crippen molar-refractivity contribution in [3.05, 3.63) is 56.3 Å². The van der Waals surface area contributed by atoms with Crippen molar-refractivity contribution in [1.82, 2.24) is 34.2 Å². The second kappa shape index (κ2) is 8.97. The largest absolute Gasteiger partial charge is 0.332 e. The maximum atomic E-state index is 12.9. The summed E-state index contributed by atoms with van der Waals surface area (Å²) in [6, 6.07) is 5.43. The van der Waals surface area contributed by atoms with Crippen LogP contribution in [0.15, 0.2) is 38.5 Å². The lowest BCUT2D eigenvalue weighted by molar-refractivity contribution is 0.419. The van der Waals surface area contributed by atoms with Crippen molar-refractivity contribution in [2.75, 3.05) is 0 Å². The number of hydrogen-bond acceptors (Lipinski definition) is 7. The highest BCUT2D eigenvalue weighted by Gasteiger charge is 2.16. The summed E-state index contributed by atoms with van der Waals surface area (Å²) in [6.07, 6.45) is 9.05. The van der Waals surface area contributed by atoms with Crippen molar-refractivity contribution in [2.45, 2.75) is 38.8 Å². The van der Waals surface area contributed by atoms with Gasteiger partial charge in [0.15, 0.2) is 17.0 Å². The van der Waals surface area contributed by atoms with Gasteiger partial charge >= 0.3 is 5.69 Å². The molecule has 0 bridgehead atoms. The zero-order chi connectivity index (χ0) is 21.8. The standard InChI is InChI=1S/C20H18ClN7O3/c1-2-3-11-27-16-15(24-19(21)25-16)18(29)28(20(27)30)12-7-5-9-14-23-17(31-26-14)13-8-4-6-10-22-13/h1,4,6,8,10H,3,5,7,9,11-12H2,(H,24,25). The fourth-order valence-electron chi connectivity index (χ4n) is 3.22. The van der Waals surface area contributed by atoms with Crippen LogP contribution in [-0.4, -0.2) is 34.2 Å². The molecule has 0 atom stereocenters. The van der Waals surface area contributed by atoms with Crippen LogP contribution in [0.5, 0.6) is 0 Å². The summed E-state index contributed by atoms with van der Waals surface area (Å²) >= 11 is 5.91. The van der Waals surface area contributed by atoms with Crippen LogP contribution in [0, 0.1) is 12.3 Å². The normalized spacial score (nSPS) is 11.1. The molecule has 0 aliphatic rings. The number of aromatic nitrogens is 7. The average Bonchev–Trinajstić information content (AvgIpc) is 3.40. The van der Waals surface area contributed by atoms with Crippen LogP contribution in [-0.2, 0) is 19.5 Å². The lowest BCUT2D eigenvalue weighted by atomic mass is 10.2. The van der Waals surface area contributed by atoms with Crippen LogP contribution in [0.2, 0.25) is 5.28 Å². The molecule has 0 amide bonds. The summed E-state index contributed by atoms with van der Waals surface area (Å²) in [5.74, 6) is 3.38. The van der Waals surface area contributed by atoms with E-state index in [2.05, 4.69) is 31.0 Å².